The van der Waals surface area contributed by atoms with Gasteiger partial charge in [-0.15, -0.1) is 11.3 Å². The highest BCUT2D eigenvalue weighted by Crippen LogP contribution is 2.46. The van der Waals surface area contributed by atoms with Crippen LogP contribution in [0, 0.1) is 0 Å². The Labute approximate surface area is 148 Å². The molecule has 0 amide bonds. The number of rotatable bonds is 4. The summed E-state index contributed by atoms with van der Waals surface area (Å²) < 4.78 is 6.36. The third-order valence-electron chi connectivity index (χ3n) is 3.61. The predicted octanol–water partition coefficient (Wildman–Crippen LogP) is 4.01. The van der Waals surface area contributed by atoms with Crippen LogP contribution in [0.1, 0.15) is 40.4 Å². The Bertz CT molecular complexity index is 643. The first kappa shape index (κ1) is 16.1. The average Bonchev–Trinajstić information content (AvgIpc) is 2.97. The first-order chi connectivity index (χ1) is 10.6. The van der Waals surface area contributed by atoms with Gasteiger partial charge in [0, 0.05) is 38.7 Å². The number of anilines is 1. The molecule has 0 N–H and O–H groups in total. The summed E-state index contributed by atoms with van der Waals surface area (Å²) in [6.07, 6.45) is 6.10. The van der Waals surface area contributed by atoms with Crippen molar-refractivity contribution in [2.75, 3.05) is 25.6 Å². The number of hydrogen-bond acceptors (Lipinski definition) is 6. The Kier molecular flexibility index (Phi) is 4.94. The minimum Gasteiger partial charge on any atom is -0.373 e. The molecule has 0 aliphatic heterocycles. The fourth-order valence-electron chi connectivity index (χ4n) is 2.51. The number of thiazole rings is 1. The van der Waals surface area contributed by atoms with Gasteiger partial charge >= 0.3 is 0 Å². The van der Waals surface area contributed by atoms with Crippen molar-refractivity contribution in [3.63, 3.8) is 0 Å². The summed E-state index contributed by atoms with van der Waals surface area (Å²) in [5.74, 6) is 0.712. The quantitative estimate of drug-likeness (QED) is 0.542. The van der Waals surface area contributed by atoms with E-state index >= 15 is 0 Å². The summed E-state index contributed by atoms with van der Waals surface area (Å²) in [4.78, 5) is 16.8. The number of hydrogen-bond donors (Lipinski definition) is 0. The first-order valence-corrected chi connectivity index (χ1v) is 9.42. The van der Waals surface area contributed by atoms with Crippen molar-refractivity contribution in [1.29, 1.82) is 0 Å². The Hall–Kier alpha value is -0.800. The summed E-state index contributed by atoms with van der Waals surface area (Å²) >= 11 is 4.20. The van der Waals surface area contributed by atoms with Gasteiger partial charge in [-0.1, -0.05) is 22.6 Å². The van der Waals surface area contributed by atoms with Crippen LogP contribution in [0.2, 0.25) is 0 Å². The van der Waals surface area contributed by atoms with Crippen LogP contribution >= 0.6 is 33.9 Å². The number of nitrogens with zero attached hydrogens (tertiary/aromatic N) is 4. The molecule has 1 aliphatic rings. The smallest absolute Gasteiger partial charge is 0.224 e. The van der Waals surface area contributed by atoms with E-state index in [1.54, 1.807) is 11.3 Å². The maximum atomic E-state index is 5.89. The van der Waals surface area contributed by atoms with Crippen LogP contribution in [0.5, 0.6) is 0 Å². The molecule has 0 bridgehead atoms. The lowest BCUT2D eigenvalue weighted by Crippen LogP contribution is -2.12. The van der Waals surface area contributed by atoms with E-state index in [-0.39, 0.29) is 6.10 Å². The van der Waals surface area contributed by atoms with Gasteiger partial charge in [0.15, 0.2) is 0 Å². The van der Waals surface area contributed by atoms with Gasteiger partial charge in [-0.05, 0) is 19.8 Å². The zero-order valence-corrected chi connectivity index (χ0v) is 15.9. The Morgan fingerprint density at radius 1 is 1.32 bits per heavy atom. The van der Waals surface area contributed by atoms with Crippen LogP contribution in [0.25, 0.3) is 10.6 Å². The molecule has 0 aromatic carbocycles. The number of alkyl halides is 1. The van der Waals surface area contributed by atoms with Gasteiger partial charge in [0.1, 0.15) is 5.01 Å². The van der Waals surface area contributed by atoms with Crippen LogP contribution in [0.3, 0.4) is 0 Å². The predicted molar refractivity (Wildman–Crippen MR) is 97.8 cm³/mol. The van der Waals surface area contributed by atoms with Crippen molar-refractivity contribution in [1.82, 2.24) is 15.0 Å². The van der Waals surface area contributed by atoms with Gasteiger partial charge in [-0.3, -0.25) is 0 Å². The number of halogens is 1. The van der Waals surface area contributed by atoms with Crippen molar-refractivity contribution in [3.8, 4) is 10.6 Å². The molecular formula is C15H19IN4OS. The zero-order chi connectivity index (χ0) is 15.7. The van der Waals surface area contributed by atoms with Crippen LogP contribution in [-0.4, -0.2) is 35.7 Å². The van der Waals surface area contributed by atoms with E-state index in [0.717, 1.165) is 30.0 Å². The molecule has 2 aromatic heterocycles. The van der Waals surface area contributed by atoms with E-state index < -0.39 is 0 Å². The third kappa shape index (κ3) is 3.11. The summed E-state index contributed by atoms with van der Waals surface area (Å²) in [5.41, 5.74) is 2.16. The molecule has 1 aliphatic carbocycles. The molecule has 22 heavy (non-hydrogen) atoms. The van der Waals surface area contributed by atoms with Crippen LogP contribution in [0.4, 0.5) is 5.95 Å². The van der Waals surface area contributed by atoms with E-state index in [1.165, 1.54) is 10.6 Å². The molecule has 2 unspecified atom stereocenters. The molecule has 5 nitrogen and oxygen atoms in total. The summed E-state index contributed by atoms with van der Waals surface area (Å²) in [7, 11) is 3.87. The van der Waals surface area contributed by atoms with Gasteiger partial charge < -0.3 is 9.64 Å². The van der Waals surface area contributed by atoms with Crippen LogP contribution < -0.4 is 4.90 Å². The highest BCUT2D eigenvalue weighted by Gasteiger charge is 2.30. The molecule has 0 spiro atoms. The molecule has 7 heteroatoms. The fourth-order valence-corrected chi connectivity index (χ4v) is 4.74. The molecule has 0 saturated carbocycles. The topological polar surface area (TPSA) is 51.1 Å². The Morgan fingerprint density at radius 3 is 2.68 bits per heavy atom. The molecule has 0 saturated heterocycles. The number of aromatic nitrogens is 3. The van der Waals surface area contributed by atoms with Crippen molar-refractivity contribution in [3.05, 3.63) is 23.0 Å². The van der Waals surface area contributed by atoms with E-state index in [0.29, 0.717) is 9.87 Å². The minimum absolute atomic E-state index is 0.194. The lowest BCUT2D eigenvalue weighted by Gasteiger charge is -2.24. The summed E-state index contributed by atoms with van der Waals surface area (Å²) in [6, 6.07) is 0. The van der Waals surface area contributed by atoms with Gasteiger partial charge in [0.2, 0.25) is 5.95 Å². The van der Waals surface area contributed by atoms with Gasteiger partial charge in [-0.2, -0.15) is 0 Å². The number of ether oxygens (including phenoxy) is 1. The standard InChI is InChI=1S/C15H19IN4OS/c1-4-21-11-6-5-10(16)12-13(11)22-14(19-12)9-7-17-15(18-8-9)20(2)3/h7-8,10-11H,4-6H2,1-3H3. The molecule has 0 fully saturated rings. The van der Waals surface area contributed by atoms with E-state index in [2.05, 4.69) is 32.6 Å². The van der Waals surface area contributed by atoms with Crippen LogP contribution in [-0.2, 0) is 4.74 Å². The first-order valence-electron chi connectivity index (χ1n) is 7.36. The minimum atomic E-state index is 0.194. The van der Waals surface area contributed by atoms with E-state index in [9.17, 15) is 0 Å². The van der Waals surface area contributed by atoms with Crippen LogP contribution in [0.15, 0.2) is 12.4 Å². The van der Waals surface area contributed by atoms with Crippen molar-refractivity contribution < 1.29 is 4.74 Å². The second kappa shape index (κ2) is 6.76. The lowest BCUT2D eigenvalue weighted by molar-refractivity contribution is 0.0525. The van der Waals surface area contributed by atoms with Gasteiger partial charge in [0.25, 0.3) is 0 Å². The molecule has 3 rings (SSSR count). The SMILES string of the molecule is CCOC1CCC(I)c2nc(-c3cnc(N(C)C)nc3)sc21. The lowest BCUT2D eigenvalue weighted by atomic mass is 10.0. The second-order valence-electron chi connectivity index (χ2n) is 5.42. The summed E-state index contributed by atoms with van der Waals surface area (Å²) in [6.45, 7) is 2.79. The monoisotopic (exact) mass is 430 g/mol. The highest BCUT2D eigenvalue weighted by molar-refractivity contribution is 14.1. The maximum Gasteiger partial charge on any atom is 0.224 e. The van der Waals surface area contributed by atoms with Crippen molar-refractivity contribution in [2.24, 2.45) is 0 Å². The van der Waals surface area contributed by atoms with E-state index in [4.69, 9.17) is 9.72 Å². The second-order valence-corrected chi connectivity index (χ2v) is 7.96. The Balaban J connectivity index is 1.94. The molecule has 2 heterocycles. The third-order valence-corrected chi connectivity index (χ3v) is 6.03. The largest absolute Gasteiger partial charge is 0.373 e. The maximum absolute atomic E-state index is 5.89. The zero-order valence-electron chi connectivity index (χ0n) is 12.9. The van der Waals surface area contributed by atoms with Crippen molar-refractivity contribution in [2.45, 2.75) is 29.8 Å². The molecule has 0 radical (unpaired) electrons. The fraction of sp³-hybridized carbons (Fsp3) is 0.533. The van der Waals surface area contributed by atoms with Gasteiger partial charge in [-0.25, -0.2) is 15.0 Å². The Morgan fingerprint density at radius 2 is 2.05 bits per heavy atom. The number of fused-ring (bicyclic) bond motifs is 1. The highest BCUT2D eigenvalue weighted by atomic mass is 127. The van der Waals surface area contributed by atoms with E-state index in [1.807, 2.05) is 38.3 Å². The van der Waals surface area contributed by atoms with Gasteiger partial charge in [0.05, 0.1) is 20.6 Å². The molecule has 118 valence electrons. The molecular weight excluding hydrogens is 411 g/mol. The van der Waals surface area contributed by atoms with Crippen molar-refractivity contribution >= 4 is 39.9 Å². The average molecular weight is 430 g/mol. The molecule has 2 atom stereocenters. The molecule has 2 aromatic rings. The normalized spacial score (nSPS) is 20.7. The summed E-state index contributed by atoms with van der Waals surface area (Å²) in [5, 5.41) is 0.989.